The van der Waals surface area contributed by atoms with Gasteiger partial charge < -0.3 is 15.1 Å². The summed E-state index contributed by atoms with van der Waals surface area (Å²) in [6.45, 7) is 4.85. The summed E-state index contributed by atoms with van der Waals surface area (Å²) in [4.78, 5) is 15.9. The van der Waals surface area contributed by atoms with Crippen molar-refractivity contribution in [3.63, 3.8) is 0 Å². The Labute approximate surface area is 145 Å². The maximum absolute atomic E-state index is 12.4. The lowest BCUT2D eigenvalue weighted by Gasteiger charge is -2.33. The minimum absolute atomic E-state index is 0.153. The van der Waals surface area contributed by atoms with Crippen LogP contribution in [0.25, 0.3) is 6.08 Å². The van der Waals surface area contributed by atoms with Crippen molar-refractivity contribution in [2.45, 2.75) is 38.1 Å². The van der Waals surface area contributed by atoms with Gasteiger partial charge in [0.1, 0.15) is 0 Å². The number of carbonyl (C=O) groups excluding carboxylic acids is 1. The zero-order valence-electron chi connectivity index (χ0n) is 14.5. The molecule has 130 valence electrons. The fraction of sp³-hybridized carbons (Fsp3) is 0.550. The van der Waals surface area contributed by atoms with Gasteiger partial charge >= 0.3 is 6.03 Å². The van der Waals surface area contributed by atoms with Gasteiger partial charge in [-0.2, -0.15) is 0 Å². The van der Waals surface area contributed by atoms with Gasteiger partial charge in [0, 0.05) is 6.04 Å². The largest absolute Gasteiger partial charge is 0.335 e. The van der Waals surface area contributed by atoms with Crippen molar-refractivity contribution < 1.29 is 9.69 Å². The number of benzene rings is 1. The van der Waals surface area contributed by atoms with Gasteiger partial charge in [0.2, 0.25) is 0 Å². The summed E-state index contributed by atoms with van der Waals surface area (Å²) >= 11 is 0. The molecule has 0 unspecified atom stereocenters. The van der Waals surface area contributed by atoms with E-state index in [4.69, 9.17) is 0 Å². The van der Waals surface area contributed by atoms with Crippen LogP contribution in [0.3, 0.4) is 0 Å². The van der Waals surface area contributed by atoms with Crippen LogP contribution in [-0.4, -0.2) is 49.7 Å². The molecule has 1 aliphatic heterocycles. The highest BCUT2D eigenvalue weighted by atomic mass is 16.2. The molecule has 2 N–H and O–H groups in total. The molecule has 0 atom stereocenters. The van der Waals surface area contributed by atoms with Crippen LogP contribution in [0.15, 0.2) is 36.4 Å². The summed E-state index contributed by atoms with van der Waals surface area (Å²) in [6, 6.07) is 11.0. The van der Waals surface area contributed by atoms with Crippen LogP contribution in [-0.2, 0) is 0 Å². The maximum Gasteiger partial charge on any atom is 0.318 e. The third-order valence-corrected chi connectivity index (χ3v) is 5.21. The van der Waals surface area contributed by atoms with Gasteiger partial charge in [-0.15, -0.1) is 0 Å². The molecule has 1 saturated carbocycles. The summed E-state index contributed by atoms with van der Waals surface area (Å²) < 4.78 is 0. The molecule has 0 radical (unpaired) electrons. The van der Waals surface area contributed by atoms with E-state index < -0.39 is 0 Å². The van der Waals surface area contributed by atoms with Crippen molar-refractivity contribution in [3.05, 3.63) is 42.0 Å². The number of nitrogens with one attached hydrogen (secondary N) is 2. The predicted molar refractivity (Wildman–Crippen MR) is 98.0 cm³/mol. The molecular formula is C20H30N3O+. The smallest absolute Gasteiger partial charge is 0.318 e. The number of piperazine rings is 1. The minimum atomic E-state index is 0.153. The molecule has 24 heavy (non-hydrogen) atoms. The normalized spacial score (nSPS) is 20.4. The Balaban J connectivity index is 1.37. The van der Waals surface area contributed by atoms with Crippen LogP contribution in [0.4, 0.5) is 4.79 Å². The fourth-order valence-corrected chi connectivity index (χ4v) is 3.67. The first-order chi connectivity index (χ1) is 11.8. The second-order valence-electron chi connectivity index (χ2n) is 7.04. The van der Waals surface area contributed by atoms with Crippen LogP contribution in [0.5, 0.6) is 0 Å². The summed E-state index contributed by atoms with van der Waals surface area (Å²) in [5, 5.41) is 3.23. The van der Waals surface area contributed by atoms with Crippen LogP contribution in [0.2, 0.25) is 0 Å². The molecule has 2 amide bonds. The molecule has 1 aromatic carbocycles. The number of nitrogens with zero attached hydrogens (tertiary/aromatic N) is 1. The van der Waals surface area contributed by atoms with Crippen molar-refractivity contribution in [1.82, 2.24) is 10.2 Å². The second-order valence-corrected chi connectivity index (χ2v) is 7.04. The van der Waals surface area contributed by atoms with Gasteiger partial charge in [-0.05, 0) is 24.5 Å². The fourth-order valence-electron chi connectivity index (χ4n) is 3.67. The Kier molecular flexibility index (Phi) is 6.30. The van der Waals surface area contributed by atoms with Gasteiger partial charge in [-0.25, -0.2) is 4.79 Å². The zero-order valence-corrected chi connectivity index (χ0v) is 14.5. The van der Waals surface area contributed by atoms with Gasteiger partial charge in [-0.1, -0.05) is 55.7 Å². The third kappa shape index (κ3) is 5.10. The van der Waals surface area contributed by atoms with E-state index in [1.54, 1.807) is 4.90 Å². The van der Waals surface area contributed by atoms with Crippen LogP contribution in [0, 0.1) is 0 Å². The van der Waals surface area contributed by atoms with E-state index in [0.29, 0.717) is 6.04 Å². The van der Waals surface area contributed by atoms with Gasteiger partial charge in [0.05, 0.1) is 32.7 Å². The number of quaternary nitrogens is 1. The highest BCUT2D eigenvalue weighted by Crippen LogP contribution is 2.17. The van der Waals surface area contributed by atoms with Crippen molar-refractivity contribution in [2.75, 3.05) is 32.7 Å². The van der Waals surface area contributed by atoms with E-state index in [9.17, 15) is 4.79 Å². The molecule has 3 rings (SSSR count). The van der Waals surface area contributed by atoms with E-state index in [-0.39, 0.29) is 6.03 Å². The highest BCUT2D eigenvalue weighted by Gasteiger charge is 2.25. The molecule has 1 aliphatic carbocycles. The molecule has 1 saturated heterocycles. The van der Waals surface area contributed by atoms with Crippen LogP contribution >= 0.6 is 0 Å². The summed E-state index contributed by atoms with van der Waals surface area (Å²) in [6.07, 6.45) is 10.6. The molecule has 0 aromatic heterocycles. The Bertz CT molecular complexity index is 529. The van der Waals surface area contributed by atoms with E-state index in [0.717, 1.165) is 45.6 Å². The average molecular weight is 328 g/mol. The van der Waals surface area contributed by atoms with Crippen LogP contribution in [0.1, 0.15) is 37.7 Å². The summed E-state index contributed by atoms with van der Waals surface area (Å²) in [5.74, 6) is 0. The zero-order chi connectivity index (χ0) is 16.6. The summed E-state index contributed by atoms with van der Waals surface area (Å²) in [7, 11) is 0. The SMILES string of the molecule is O=C(NC1CCCCC1)N1CC[NH+](CC=Cc2ccccc2)CC1. The number of rotatable bonds is 4. The maximum atomic E-state index is 12.4. The lowest BCUT2D eigenvalue weighted by molar-refractivity contribution is -0.898. The van der Waals surface area contributed by atoms with Crippen LogP contribution < -0.4 is 10.2 Å². The van der Waals surface area contributed by atoms with Crippen molar-refractivity contribution >= 4 is 12.1 Å². The summed E-state index contributed by atoms with van der Waals surface area (Å²) in [5.41, 5.74) is 1.25. The van der Waals surface area contributed by atoms with Gasteiger partial charge in [-0.3, -0.25) is 0 Å². The molecule has 4 heteroatoms. The lowest BCUT2D eigenvalue weighted by Crippen LogP contribution is -3.14. The Morgan fingerprint density at radius 2 is 1.83 bits per heavy atom. The topological polar surface area (TPSA) is 36.8 Å². The molecule has 1 aromatic rings. The lowest BCUT2D eigenvalue weighted by atomic mass is 9.96. The number of hydrogen-bond acceptors (Lipinski definition) is 1. The van der Waals surface area contributed by atoms with E-state index in [1.165, 1.54) is 24.8 Å². The monoisotopic (exact) mass is 328 g/mol. The Morgan fingerprint density at radius 3 is 2.54 bits per heavy atom. The van der Waals surface area contributed by atoms with Crippen molar-refractivity contribution in [2.24, 2.45) is 0 Å². The number of carbonyl (C=O) groups is 1. The van der Waals surface area contributed by atoms with Gasteiger partial charge in [0.15, 0.2) is 0 Å². The van der Waals surface area contributed by atoms with E-state index in [2.05, 4.69) is 41.7 Å². The highest BCUT2D eigenvalue weighted by molar-refractivity contribution is 5.74. The molecule has 1 heterocycles. The van der Waals surface area contributed by atoms with Crippen molar-refractivity contribution in [3.8, 4) is 0 Å². The number of hydrogen-bond donors (Lipinski definition) is 2. The molecule has 2 fully saturated rings. The predicted octanol–water partition coefficient (Wildman–Crippen LogP) is 1.94. The third-order valence-electron chi connectivity index (χ3n) is 5.21. The Hall–Kier alpha value is -1.81. The first-order valence-electron chi connectivity index (χ1n) is 9.42. The van der Waals surface area contributed by atoms with Crippen molar-refractivity contribution in [1.29, 1.82) is 0 Å². The molecule has 4 nitrogen and oxygen atoms in total. The second kappa shape index (κ2) is 8.88. The quantitative estimate of drug-likeness (QED) is 0.871. The molecule has 0 spiro atoms. The Morgan fingerprint density at radius 1 is 1.12 bits per heavy atom. The number of urea groups is 1. The van der Waals surface area contributed by atoms with Gasteiger partial charge in [0.25, 0.3) is 0 Å². The number of amides is 2. The first kappa shape index (κ1) is 17.0. The molecule has 2 aliphatic rings. The molecular weight excluding hydrogens is 298 g/mol. The van der Waals surface area contributed by atoms with E-state index in [1.807, 2.05) is 11.0 Å². The van der Waals surface area contributed by atoms with E-state index >= 15 is 0 Å². The minimum Gasteiger partial charge on any atom is -0.335 e. The standard InChI is InChI=1S/C20H29N3O/c24-20(21-19-11-5-2-6-12-19)23-16-14-22(15-17-23)13-7-10-18-8-3-1-4-9-18/h1,3-4,7-10,19H,2,5-6,11-17H2,(H,21,24)/p+1. The average Bonchev–Trinajstić information content (AvgIpc) is 2.64. The first-order valence-corrected chi connectivity index (χ1v) is 9.42. The molecule has 0 bridgehead atoms.